The first kappa shape index (κ1) is 14.0. The van der Waals surface area contributed by atoms with Crippen LogP contribution in [0.3, 0.4) is 0 Å². The van der Waals surface area contributed by atoms with E-state index < -0.39 is 10.0 Å². The Kier molecular flexibility index (Phi) is 4.81. The first-order chi connectivity index (χ1) is 8.55. The number of nitrogens with one attached hydrogen (secondary N) is 1. The molecule has 0 aromatic carbocycles. The summed E-state index contributed by atoms with van der Waals surface area (Å²) in [6.07, 6.45) is 11.4. The summed E-state index contributed by atoms with van der Waals surface area (Å²) in [5, 5.41) is 3.61. The van der Waals surface area contributed by atoms with Crippen LogP contribution >= 0.6 is 0 Å². The summed E-state index contributed by atoms with van der Waals surface area (Å²) in [5.41, 5.74) is 0. The Morgan fingerprint density at radius 1 is 1.22 bits per heavy atom. The molecule has 18 heavy (non-hydrogen) atoms. The van der Waals surface area contributed by atoms with Gasteiger partial charge in [-0.05, 0) is 44.6 Å². The van der Waals surface area contributed by atoms with E-state index in [0.717, 1.165) is 25.3 Å². The minimum absolute atomic E-state index is 0.494. The fourth-order valence-corrected chi connectivity index (χ4v) is 3.64. The van der Waals surface area contributed by atoms with E-state index in [1.165, 1.54) is 25.5 Å². The monoisotopic (exact) mass is 272 g/mol. The van der Waals surface area contributed by atoms with Gasteiger partial charge in [-0.2, -0.15) is 0 Å². The number of hydrogen-bond acceptors (Lipinski definition) is 3. The molecule has 1 fully saturated rings. The van der Waals surface area contributed by atoms with Crippen LogP contribution in [0.25, 0.3) is 0 Å². The van der Waals surface area contributed by atoms with Crippen molar-refractivity contribution >= 4 is 10.0 Å². The molecular weight excluding hydrogens is 248 g/mol. The van der Waals surface area contributed by atoms with Crippen molar-refractivity contribution in [3.8, 4) is 0 Å². The molecule has 1 unspecified atom stereocenters. The van der Waals surface area contributed by atoms with Gasteiger partial charge in [0.15, 0.2) is 0 Å². The fourth-order valence-electron chi connectivity index (χ4n) is 2.77. The Morgan fingerprint density at radius 2 is 1.94 bits per heavy atom. The Bertz CT molecular complexity index is 384. The van der Waals surface area contributed by atoms with Crippen molar-refractivity contribution in [2.75, 3.05) is 25.9 Å². The molecule has 104 valence electrons. The lowest BCUT2D eigenvalue weighted by Gasteiger charge is -2.32. The normalized spacial score (nSPS) is 27.5. The molecule has 1 atom stereocenters. The third-order valence-corrected chi connectivity index (χ3v) is 5.30. The van der Waals surface area contributed by atoms with Gasteiger partial charge in [0.25, 0.3) is 0 Å². The minimum Gasteiger partial charge on any atom is -0.314 e. The molecule has 1 saturated heterocycles. The Morgan fingerprint density at radius 3 is 2.50 bits per heavy atom. The molecule has 0 spiro atoms. The van der Waals surface area contributed by atoms with E-state index >= 15 is 0 Å². The lowest BCUT2D eigenvalue weighted by atomic mass is 9.94. The summed E-state index contributed by atoms with van der Waals surface area (Å²) in [7, 11) is -2.99. The van der Waals surface area contributed by atoms with Gasteiger partial charge in [0.1, 0.15) is 0 Å². The molecule has 1 heterocycles. The number of sulfonamides is 1. The lowest BCUT2D eigenvalue weighted by molar-refractivity contribution is 0.278. The van der Waals surface area contributed by atoms with Crippen molar-refractivity contribution in [3.05, 3.63) is 12.2 Å². The topological polar surface area (TPSA) is 49.4 Å². The van der Waals surface area contributed by atoms with Gasteiger partial charge >= 0.3 is 0 Å². The van der Waals surface area contributed by atoms with E-state index in [9.17, 15) is 8.42 Å². The number of hydrogen-bond donors (Lipinski definition) is 1. The Labute approximate surface area is 110 Å². The van der Waals surface area contributed by atoms with Crippen molar-refractivity contribution in [2.24, 2.45) is 5.92 Å². The summed E-state index contributed by atoms with van der Waals surface area (Å²) in [4.78, 5) is 0. The molecule has 4 nitrogen and oxygen atoms in total. The number of allylic oxidation sites excluding steroid dienone is 2. The summed E-state index contributed by atoms with van der Waals surface area (Å²) in [6, 6.07) is 0.494. The molecule has 0 aromatic heterocycles. The first-order valence-corrected chi connectivity index (χ1v) is 8.74. The molecule has 0 aromatic rings. The number of nitrogens with zero attached hydrogens (tertiary/aromatic N) is 1. The summed E-state index contributed by atoms with van der Waals surface area (Å²) < 4.78 is 24.4. The first-order valence-electron chi connectivity index (χ1n) is 6.89. The molecular formula is C13H24N2O2S. The van der Waals surface area contributed by atoms with Gasteiger partial charge in [-0.3, -0.25) is 0 Å². The summed E-state index contributed by atoms with van der Waals surface area (Å²) in [6.45, 7) is 2.41. The lowest BCUT2D eigenvalue weighted by Crippen LogP contribution is -2.45. The Hall–Kier alpha value is -0.390. The fraction of sp³-hybridized carbons (Fsp3) is 0.846. The maximum absolute atomic E-state index is 11.4. The molecule has 0 saturated carbocycles. The van der Waals surface area contributed by atoms with Gasteiger partial charge in [-0.15, -0.1) is 0 Å². The highest BCUT2D eigenvalue weighted by Crippen LogP contribution is 2.18. The second-order valence-corrected chi connectivity index (χ2v) is 7.48. The van der Waals surface area contributed by atoms with Gasteiger partial charge in [-0.25, -0.2) is 12.7 Å². The molecule has 1 N–H and O–H groups in total. The van der Waals surface area contributed by atoms with Gasteiger partial charge in [-0.1, -0.05) is 12.2 Å². The van der Waals surface area contributed by atoms with Crippen molar-refractivity contribution in [3.63, 3.8) is 0 Å². The molecule has 0 radical (unpaired) electrons. The highest BCUT2D eigenvalue weighted by molar-refractivity contribution is 7.88. The van der Waals surface area contributed by atoms with Crippen LogP contribution in [0.1, 0.15) is 32.1 Å². The SMILES string of the molecule is CS(=O)(=O)N1CCC(NCC2CC=CCC2)CC1. The zero-order valence-corrected chi connectivity index (χ0v) is 12.0. The van der Waals surface area contributed by atoms with E-state index in [1.54, 1.807) is 4.31 Å². The van der Waals surface area contributed by atoms with E-state index in [4.69, 9.17) is 0 Å². The van der Waals surface area contributed by atoms with E-state index in [-0.39, 0.29) is 0 Å². The molecule has 2 rings (SSSR count). The molecule has 1 aliphatic carbocycles. The second kappa shape index (κ2) is 6.17. The number of rotatable bonds is 4. The zero-order valence-electron chi connectivity index (χ0n) is 11.1. The van der Waals surface area contributed by atoms with Crippen LogP contribution in [0.15, 0.2) is 12.2 Å². The molecule has 1 aliphatic heterocycles. The second-order valence-electron chi connectivity index (χ2n) is 5.50. The highest BCUT2D eigenvalue weighted by Gasteiger charge is 2.24. The molecule has 2 aliphatic rings. The van der Waals surface area contributed by atoms with Crippen molar-refractivity contribution < 1.29 is 8.42 Å². The largest absolute Gasteiger partial charge is 0.314 e. The zero-order chi connectivity index (χ0) is 13.0. The van der Waals surface area contributed by atoms with Crippen LogP contribution < -0.4 is 5.32 Å². The predicted octanol–water partition coefficient (Wildman–Crippen LogP) is 1.36. The van der Waals surface area contributed by atoms with Gasteiger partial charge in [0.05, 0.1) is 6.26 Å². The molecule has 0 amide bonds. The maximum Gasteiger partial charge on any atom is 0.211 e. The van der Waals surface area contributed by atoms with Crippen LogP contribution in [-0.2, 0) is 10.0 Å². The standard InChI is InChI=1S/C13H24N2O2S/c1-18(16,17)15-9-7-13(8-10-15)14-11-12-5-3-2-4-6-12/h2-3,12-14H,4-11H2,1H3. The number of piperidine rings is 1. The average molecular weight is 272 g/mol. The van der Waals surface area contributed by atoms with Crippen LogP contribution in [0.5, 0.6) is 0 Å². The van der Waals surface area contributed by atoms with Crippen molar-refractivity contribution in [1.82, 2.24) is 9.62 Å². The van der Waals surface area contributed by atoms with Crippen molar-refractivity contribution in [2.45, 2.75) is 38.1 Å². The third-order valence-electron chi connectivity index (χ3n) is 4.00. The van der Waals surface area contributed by atoms with Crippen LogP contribution in [0.4, 0.5) is 0 Å². The van der Waals surface area contributed by atoms with E-state index in [1.807, 2.05) is 0 Å². The van der Waals surface area contributed by atoms with E-state index in [0.29, 0.717) is 19.1 Å². The molecule has 0 bridgehead atoms. The average Bonchev–Trinajstić information content (AvgIpc) is 2.37. The van der Waals surface area contributed by atoms with Crippen LogP contribution in [-0.4, -0.2) is 44.7 Å². The van der Waals surface area contributed by atoms with Crippen LogP contribution in [0.2, 0.25) is 0 Å². The smallest absolute Gasteiger partial charge is 0.211 e. The van der Waals surface area contributed by atoms with Gasteiger partial charge in [0.2, 0.25) is 10.0 Å². The predicted molar refractivity (Wildman–Crippen MR) is 73.9 cm³/mol. The van der Waals surface area contributed by atoms with E-state index in [2.05, 4.69) is 17.5 Å². The van der Waals surface area contributed by atoms with Gasteiger partial charge < -0.3 is 5.32 Å². The summed E-state index contributed by atoms with van der Waals surface area (Å²) in [5.74, 6) is 0.767. The summed E-state index contributed by atoms with van der Waals surface area (Å²) >= 11 is 0. The maximum atomic E-state index is 11.4. The van der Waals surface area contributed by atoms with Crippen LogP contribution in [0, 0.1) is 5.92 Å². The highest BCUT2D eigenvalue weighted by atomic mass is 32.2. The molecule has 5 heteroatoms. The van der Waals surface area contributed by atoms with Crippen molar-refractivity contribution in [1.29, 1.82) is 0 Å². The van der Waals surface area contributed by atoms with Gasteiger partial charge in [0, 0.05) is 19.1 Å². The third kappa shape index (κ3) is 4.07. The Balaban J connectivity index is 1.69. The quantitative estimate of drug-likeness (QED) is 0.786. The minimum atomic E-state index is -2.99.